The molecule has 2 unspecified atom stereocenters. The van der Waals surface area contributed by atoms with Crippen molar-refractivity contribution in [2.75, 3.05) is 56.0 Å². The van der Waals surface area contributed by atoms with E-state index in [-0.39, 0.29) is 0 Å². The average Bonchev–Trinajstić information content (AvgIpc) is 3.51. The monoisotopic (exact) mass is 503 g/mol. The summed E-state index contributed by atoms with van der Waals surface area (Å²) in [5.41, 5.74) is 2.80. The van der Waals surface area contributed by atoms with Crippen molar-refractivity contribution in [3.05, 3.63) is 54.9 Å². The number of hydrogen-bond donors (Lipinski definition) is 1. The van der Waals surface area contributed by atoms with E-state index in [1.807, 2.05) is 12.1 Å². The second-order valence-corrected chi connectivity index (χ2v) is 12.5. The van der Waals surface area contributed by atoms with E-state index in [1.165, 1.54) is 18.8 Å². The van der Waals surface area contributed by atoms with Gasteiger partial charge in [0.25, 0.3) is 0 Å². The lowest BCUT2D eigenvalue weighted by Gasteiger charge is -2.21. The van der Waals surface area contributed by atoms with Crippen molar-refractivity contribution in [1.82, 2.24) is 29.6 Å². The lowest BCUT2D eigenvalue weighted by molar-refractivity contribution is 0.387. The van der Waals surface area contributed by atoms with Crippen LogP contribution in [0, 0.1) is 11.8 Å². The highest BCUT2D eigenvalue weighted by Gasteiger charge is 2.38. The number of anilines is 3. The van der Waals surface area contributed by atoms with Gasteiger partial charge in [0.1, 0.15) is 0 Å². The Hall–Kier alpha value is -3.57. The molecule has 2 saturated heterocycles. The second kappa shape index (κ2) is 8.82. The van der Waals surface area contributed by atoms with Gasteiger partial charge in [-0.2, -0.15) is 19.1 Å². The van der Waals surface area contributed by atoms with Gasteiger partial charge in [0.2, 0.25) is 5.95 Å². The number of hydrogen-bond acceptors (Lipinski definition) is 9. The summed E-state index contributed by atoms with van der Waals surface area (Å²) in [4.78, 5) is 18.6. The highest BCUT2D eigenvalue weighted by Crippen LogP contribution is 2.33. The standard InChI is InChI=1S/C25H29N9OS/c1-32-13-18-15-33(16-19(18)14-32)21-9-7-20(8-10-21)28-25-26-11-17-12-27-34(24(17)30-25)23-6-4-5-22(29-23)31-36(2,3)35/h4-12,18-19H,13-16H2,1-3H3,(H,26,28,30). The maximum Gasteiger partial charge on any atom is 0.229 e. The summed E-state index contributed by atoms with van der Waals surface area (Å²) in [6, 6.07) is 13.8. The van der Waals surface area contributed by atoms with Crippen LogP contribution in [0.25, 0.3) is 16.9 Å². The van der Waals surface area contributed by atoms with Crippen LogP contribution in [-0.4, -0.2) is 79.6 Å². The Balaban J connectivity index is 1.21. The van der Waals surface area contributed by atoms with E-state index in [2.05, 4.69) is 65.9 Å². The minimum Gasteiger partial charge on any atom is -0.371 e. The Bertz CT molecular complexity index is 1520. The molecule has 0 saturated carbocycles. The summed E-state index contributed by atoms with van der Waals surface area (Å²) in [6.45, 7) is 4.65. The summed E-state index contributed by atoms with van der Waals surface area (Å²) in [6.07, 6.45) is 6.60. The number of fused-ring (bicyclic) bond motifs is 2. The summed E-state index contributed by atoms with van der Waals surface area (Å²) in [5, 5.41) is 8.53. The van der Waals surface area contributed by atoms with Gasteiger partial charge in [-0.1, -0.05) is 6.07 Å². The molecule has 5 heterocycles. The molecular formula is C25H29N9OS. The van der Waals surface area contributed by atoms with Crippen molar-refractivity contribution in [3.8, 4) is 5.82 Å². The molecule has 0 spiro atoms. The average molecular weight is 504 g/mol. The van der Waals surface area contributed by atoms with Crippen molar-refractivity contribution >= 4 is 43.9 Å². The van der Waals surface area contributed by atoms with Gasteiger partial charge in [0, 0.05) is 66.0 Å². The van der Waals surface area contributed by atoms with Crippen LogP contribution < -0.4 is 10.2 Å². The van der Waals surface area contributed by atoms with Gasteiger partial charge >= 0.3 is 0 Å². The molecule has 0 radical (unpaired) electrons. The number of rotatable bonds is 5. The van der Waals surface area contributed by atoms with Gasteiger partial charge in [0.05, 0.1) is 11.6 Å². The first-order valence-electron chi connectivity index (χ1n) is 12.0. The van der Waals surface area contributed by atoms with Crippen LogP contribution in [0.3, 0.4) is 0 Å². The second-order valence-electron chi connectivity index (χ2n) is 9.97. The quantitative estimate of drug-likeness (QED) is 0.442. The molecule has 0 amide bonds. The van der Waals surface area contributed by atoms with Crippen molar-refractivity contribution in [2.24, 2.45) is 16.2 Å². The Morgan fingerprint density at radius 2 is 1.72 bits per heavy atom. The van der Waals surface area contributed by atoms with Crippen LogP contribution in [0.15, 0.2) is 59.2 Å². The molecule has 186 valence electrons. The molecule has 2 aliphatic heterocycles. The predicted octanol–water partition coefficient (Wildman–Crippen LogP) is 3.31. The minimum absolute atomic E-state index is 0.396. The fourth-order valence-corrected chi connectivity index (χ4v) is 5.73. The summed E-state index contributed by atoms with van der Waals surface area (Å²) in [5.74, 6) is 2.96. The fraction of sp³-hybridized carbons (Fsp3) is 0.360. The Labute approximate surface area is 210 Å². The topological polar surface area (TPSA) is 104 Å². The molecule has 2 atom stereocenters. The van der Waals surface area contributed by atoms with E-state index in [1.54, 1.807) is 35.7 Å². The fourth-order valence-electron chi connectivity index (χ4n) is 5.17. The molecule has 1 aromatic carbocycles. The molecule has 4 aromatic rings. The van der Waals surface area contributed by atoms with Crippen LogP contribution in [0.4, 0.5) is 23.1 Å². The van der Waals surface area contributed by atoms with Gasteiger partial charge in [-0.25, -0.2) is 14.2 Å². The first-order valence-corrected chi connectivity index (χ1v) is 14.3. The van der Waals surface area contributed by atoms with E-state index in [0.717, 1.165) is 36.0 Å². The molecule has 2 fully saturated rings. The number of aromatic nitrogens is 5. The number of nitrogens with zero attached hydrogens (tertiary/aromatic N) is 8. The first kappa shape index (κ1) is 22.9. The first-order chi connectivity index (χ1) is 17.3. The SMILES string of the molecule is CN1CC2CN(c3ccc(Nc4ncc5cnn(-c6cccc(N=S(C)(C)=O)n6)c5n4)cc3)CC2C1. The Morgan fingerprint density at radius 3 is 2.44 bits per heavy atom. The lowest BCUT2D eigenvalue weighted by Crippen LogP contribution is -2.26. The molecule has 10 nitrogen and oxygen atoms in total. The molecule has 36 heavy (non-hydrogen) atoms. The predicted molar refractivity (Wildman–Crippen MR) is 143 cm³/mol. The maximum absolute atomic E-state index is 12.1. The highest BCUT2D eigenvalue weighted by atomic mass is 32.2. The van der Waals surface area contributed by atoms with E-state index in [0.29, 0.717) is 23.2 Å². The van der Waals surface area contributed by atoms with Gasteiger partial charge in [-0.05, 0) is 55.3 Å². The van der Waals surface area contributed by atoms with Crippen molar-refractivity contribution in [3.63, 3.8) is 0 Å². The molecule has 11 heteroatoms. The molecule has 1 N–H and O–H groups in total. The summed E-state index contributed by atoms with van der Waals surface area (Å²) < 4.78 is 17.9. The summed E-state index contributed by atoms with van der Waals surface area (Å²) in [7, 11) is -0.102. The molecular weight excluding hydrogens is 474 g/mol. The molecule has 2 aliphatic rings. The number of likely N-dealkylation sites (tertiary alicyclic amines) is 1. The number of pyridine rings is 1. The van der Waals surface area contributed by atoms with E-state index in [4.69, 9.17) is 4.98 Å². The van der Waals surface area contributed by atoms with Gasteiger partial charge < -0.3 is 15.1 Å². The minimum atomic E-state index is -2.32. The summed E-state index contributed by atoms with van der Waals surface area (Å²) >= 11 is 0. The van der Waals surface area contributed by atoms with Gasteiger partial charge in [0.15, 0.2) is 17.3 Å². The normalized spacial score (nSPS) is 20.1. The largest absolute Gasteiger partial charge is 0.371 e. The van der Waals surface area contributed by atoms with Crippen LogP contribution in [0.5, 0.6) is 0 Å². The number of benzene rings is 1. The van der Waals surface area contributed by atoms with Crippen molar-refractivity contribution < 1.29 is 4.21 Å². The smallest absolute Gasteiger partial charge is 0.229 e. The zero-order valence-electron chi connectivity index (χ0n) is 20.6. The van der Waals surface area contributed by atoms with E-state index < -0.39 is 9.73 Å². The third kappa shape index (κ3) is 4.63. The van der Waals surface area contributed by atoms with Crippen LogP contribution in [0.1, 0.15) is 0 Å². The molecule has 0 bridgehead atoms. The zero-order valence-corrected chi connectivity index (χ0v) is 21.4. The third-order valence-corrected chi connectivity index (χ3v) is 7.34. The van der Waals surface area contributed by atoms with Crippen LogP contribution >= 0.6 is 0 Å². The van der Waals surface area contributed by atoms with Crippen molar-refractivity contribution in [1.29, 1.82) is 0 Å². The van der Waals surface area contributed by atoms with Crippen LogP contribution in [-0.2, 0) is 9.73 Å². The number of nitrogens with one attached hydrogen (secondary N) is 1. The highest BCUT2D eigenvalue weighted by molar-refractivity contribution is 7.92. The van der Waals surface area contributed by atoms with Gasteiger partial charge in [-0.15, -0.1) is 0 Å². The molecule has 3 aromatic heterocycles. The maximum atomic E-state index is 12.1. The zero-order chi connectivity index (χ0) is 24.9. The lowest BCUT2D eigenvalue weighted by atomic mass is 10.0. The van der Waals surface area contributed by atoms with Crippen molar-refractivity contribution in [2.45, 2.75) is 0 Å². The third-order valence-electron chi connectivity index (χ3n) is 6.72. The molecule has 0 aliphatic carbocycles. The van der Waals surface area contributed by atoms with Gasteiger partial charge in [-0.3, -0.25) is 0 Å². The Morgan fingerprint density at radius 1 is 0.972 bits per heavy atom. The molecule has 6 rings (SSSR count). The van der Waals surface area contributed by atoms with E-state index in [9.17, 15) is 4.21 Å². The van der Waals surface area contributed by atoms with Crippen LogP contribution in [0.2, 0.25) is 0 Å². The Kier molecular flexibility index (Phi) is 5.60. The van der Waals surface area contributed by atoms with E-state index >= 15 is 0 Å².